The second-order valence-electron chi connectivity index (χ2n) is 3.18. The minimum Gasteiger partial charge on any atom is -0.463 e. The van der Waals surface area contributed by atoms with Crippen LogP contribution in [-0.4, -0.2) is 18.5 Å². The van der Waals surface area contributed by atoms with Gasteiger partial charge in [-0.2, -0.15) is 5.41 Å². The van der Waals surface area contributed by atoms with Crippen molar-refractivity contribution in [2.75, 3.05) is 13.6 Å². The van der Waals surface area contributed by atoms with Gasteiger partial charge in [0.15, 0.2) is 0 Å². The fourth-order valence-corrected chi connectivity index (χ4v) is 0.731. The summed E-state index contributed by atoms with van der Waals surface area (Å²) < 4.78 is 0. The summed E-state index contributed by atoms with van der Waals surface area (Å²) in [5, 5.41) is 0. The molecule has 0 N–H and O–H groups in total. The number of hydrogen-bond acceptors (Lipinski definition) is 1. The van der Waals surface area contributed by atoms with E-state index in [0.717, 1.165) is 6.54 Å². The summed E-state index contributed by atoms with van der Waals surface area (Å²) in [5.41, 5.74) is 0.135. The molecule has 0 bridgehead atoms. The predicted octanol–water partition coefficient (Wildman–Crippen LogP) is 1.57. The summed E-state index contributed by atoms with van der Waals surface area (Å²) >= 11 is 0. The van der Waals surface area contributed by atoms with Crippen molar-refractivity contribution in [1.82, 2.24) is 4.90 Å². The molecule has 0 aliphatic heterocycles. The molecule has 0 aliphatic carbocycles. The van der Waals surface area contributed by atoms with Crippen LogP contribution < -0.4 is 0 Å². The molecule has 9 heavy (non-hydrogen) atoms. The first-order valence-electron chi connectivity index (χ1n) is 2.79. The normalized spacial score (nSPS) is 11.3. The van der Waals surface area contributed by atoms with Crippen molar-refractivity contribution in [2.45, 2.75) is 13.8 Å². The predicted molar refractivity (Wildman–Crippen MR) is 37.1 cm³/mol. The summed E-state index contributed by atoms with van der Waals surface area (Å²) in [6, 6.07) is 0. The van der Waals surface area contributed by atoms with Crippen LogP contribution in [0.3, 0.4) is 0 Å². The van der Waals surface area contributed by atoms with Gasteiger partial charge in [0.25, 0.3) is 0 Å². The maximum absolute atomic E-state index is 3.93. The summed E-state index contributed by atoms with van der Waals surface area (Å²) in [6.07, 6.45) is 0. The zero-order valence-electron chi connectivity index (χ0n) is 6.57. The molecule has 0 radical (unpaired) electrons. The third-order valence-corrected chi connectivity index (χ3v) is 0.698. The molecule has 52 valence electrons. The van der Waals surface area contributed by atoms with Gasteiger partial charge in [0.2, 0.25) is 0 Å². The van der Waals surface area contributed by atoms with E-state index in [9.17, 15) is 0 Å². The van der Waals surface area contributed by atoms with Crippen LogP contribution in [0.4, 0.5) is 0 Å². The van der Waals surface area contributed by atoms with Crippen LogP contribution in [0.25, 0.3) is 0 Å². The van der Waals surface area contributed by atoms with Gasteiger partial charge in [-0.05, 0) is 7.05 Å². The molecule has 1 nitrogen and oxygen atoms in total. The first-order valence-corrected chi connectivity index (χ1v) is 2.79. The van der Waals surface area contributed by atoms with E-state index in [1.807, 2.05) is 11.9 Å². The second kappa shape index (κ2) is 4.77. The molecule has 0 aromatic heterocycles. The molecular weight excluding hydrogens is 336 g/mol. The molecule has 0 amide bonds. The average molecular weight is 351 g/mol. The third kappa shape index (κ3) is 12.3. The Balaban J connectivity index is 0. The number of nitrogens with zero attached hydrogens (tertiary/aromatic N) is 1. The Labute approximate surface area is 82.6 Å². The summed E-state index contributed by atoms with van der Waals surface area (Å²) in [5.74, 6) is 0. The van der Waals surface area contributed by atoms with E-state index in [4.69, 9.17) is 0 Å². The van der Waals surface area contributed by atoms with Gasteiger partial charge in [-0.1, -0.05) is 20.4 Å². The van der Waals surface area contributed by atoms with Crippen molar-refractivity contribution in [3.63, 3.8) is 0 Å². The van der Waals surface area contributed by atoms with Gasteiger partial charge in [0.1, 0.15) is 0 Å². The molecule has 0 rings (SSSR count). The van der Waals surface area contributed by atoms with Gasteiger partial charge in [-0.3, -0.25) is 7.05 Å². The van der Waals surface area contributed by atoms with Gasteiger partial charge in [-0.25, -0.2) is 0 Å². The maximum atomic E-state index is 3.93. The van der Waals surface area contributed by atoms with E-state index in [-0.39, 0.29) is 36.5 Å². The van der Waals surface area contributed by atoms with E-state index in [1.54, 1.807) is 0 Å². The minimum absolute atomic E-state index is 0. The van der Waals surface area contributed by atoms with E-state index in [0.29, 0.717) is 0 Å². The molecule has 0 aromatic rings. The Bertz CT molecular complexity index is 63.8. The van der Waals surface area contributed by atoms with Crippen LogP contribution in [0.5, 0.6) is 0 Å². The Morgan fingerprint density at radius 3 is 1.78 bits per heavy atom. The average Bonchev–Trinajstić information content (AvgIpc) is 1.21. The van der Waals surface area contributed by atoms with Crippen molar-refractivity contribution >= 4 is 0 Å². The molecule has 0 unspecified atom stereocenters. The van der Waals surface area contributed by atoms with E-state index in [1.165, 1.54) is 0 Å². The standard InChI is InChI=1S/C7H15N.U/c1-7(2,3)6-8(4)5;/h1,4,6H2,2-3,5H3;/q-2;+2. The van der Waals surface area contributed by atoms with Gasteiger partial charge < -0.3 is 11.8 Å². The van der Waals surface area contributed by atoms with Crippen molar-refractivity contribution in [3.8, 4) is 0 Å². The quantitative estimate of drug-likeness (QED) is 0.683. The van der Waals surface area contributed by atoms with Gasteiger partial charge >= 0.3 is 31.1 Å². The summed E-state index contributed by atoms with van der Waals surface area (Å²) in [6.45, 7) is 9.05. The van der Waals surface area contributed by atoms with Crippen LogP contribution >= 0.6 is 0 Å². The Hall–Kier alpha value is 1.01. The first-order chi connectivity index (χ1) is 3.42. The third-order valence-electron chi connectivity index (χ3n) is 0.698. The summed E-state index contributed by atoms with van der Waals surface area (Å²) in [4.78, 5) is 1.90. The van der Waals surface area contributed by atoms with Gasteiger partial charge in [0, 0.05) is 0 Å². The second-order valence-corrected chi connectivity index (χ2v) is 3.18. The number of hydrogen-bond donors (Lipinski definition) is 0. The summed E-state index contributed by atoms with van der Waals surface area (Å²) in [7, 11) is 5.67. The smallest absolute Gasteiger partial charge is 0.463 e. The van der Waals surface area contributed by atoms with Crippen molar-refractivity contribution in [2.24, 2.45) is 5.41 Å². The Morgan fingerprint density at radius 1 is 1.44 bits per heavy atom. The zero-order chi connectivity index (χ0) is 6.78. The fourth-order valence-electron chi connectivity index (χ4n) is 0.731. The van der Waals surface area contributed by atoms with E-state index < -0.39 is 0 Å². The Morgan fingerprint density at radius 2 is 1.78 bits per heavy atom. The van der Waals surface area contributed by atoms with Crippen LogP contribution in [0, 0.1) is 50.5 Å². The molecule has 0 saturated heterocycles. The molecule has 0 aliphatic rings. The minimum atomic E-state index is 0. The van der Waals surface area contributed by atoms with Crippen molar-refractivity contribution in [1.29, 1.82) is 0 Å². The van der Waals surface area contributed by atoms with Crippen molar-refractivity contribution in [3.05, 3.63) is 14.0 Å². The first kappa shape index (κ1) is 12.7. The Kier molecular flexibility index (Phi) is 6.71. The van der Waals surface area contributed by atoms with Crippen LogP contribution in [0.1, 0.15) is 13.8 Å². The molecule has 0 spiro atoms. The van der Waals surface area contributed by atoms with Crippen LogP contribution in [0.2, 0.25) is 0 Å². The largest absolute Gasteiger partial charge is 2.00 e. The topological polar surface area (TPSA) is 3.24 Å². The molecule has 0 saturated carbocycles. The van der Waals surface area contributed by atoms with Crippen LogP contribution in [-0.2, 0) is 0 Å². The fraction of sp³-hybridized carbons (Fsp3) is 0.714. The van der Waals surface area contributed by atoms with Gasteiger partial charge in [0.05, 0.1) is 0 Å². The van der Waals surface area contributed by atoms with Crippen LogP contribution in [0.15, 0.2) is 0 Å². The number of rotatable bonds is 2. The monoisotopic (exact) mass is 351 g/mol. The van der Waals surface area contributed by atoms with Gasteiger partial charge in [-0.15, -0.1) is 0 Å². The molecule has 0 heterocycles. The maximum Gasteiger partial charge on any atom is 2.00 e. The SMILES string of the molecule is [CH2-]N(C)CC([CH2-])(C)C.[U+2]. The molecule has 0 atom stereocenters. The van der Waals surface area contributed by atoms with E-state index in [2.05, 4.69) is 27.8 Å². The molecule has 0 aromatic carbocycles. The van der Waals surface area contributed by atoms with Crippen molar-refractivity contribution < 1.29 is 31.1 Å². The zero-order valence-corrected chi connectivity index (χ0v) is 10.7. The van der Waals surface area contributed by atoms with E-state index >= 15 is 0 Å². The molecule has 0 fully saturated rings. The molecular formula is C7H15NU. The molecule has 2 heteroatoms.